The molecule has 0 aliphatic rings. The number of hydrogen-bond acceptors (Lipinski definition) is 4. The van der Waals surface area contributed by atoms with E-state index in [4.69, 9.17) is 4.74 Å². The minimum absolute atomic E-state index is 0.224. The average Bonchev–Trinajstić information content (AvgIpc) is 3.54. The molecule has 6 nitrogen and oxygen atoms in total. The summed E-state index contributed by atoms with van der Waals surface area (Å²) in [6.45, 7) is 10.6. The van der Waals surface area contributed by atoms with E-state index in [0.29, 0.717) is 12.4 Å². The van der Waals surface area contributed by atoms with E-state index in [1.165, 1.54) is 16.5 Å². The Kier molecular flexibility index (Phi) is 6.59. The van der Waals surface area contributed by atoms with Gasteiger partial charge in [-0.2, -0.15) is 5.21 Å². The van der Waals surface area contributed by atoms with Gasteiger partial charge in [-0.25, -0.2) is 0 Å². The zero-order chi connectivity index (χ0) is 25.1. The summed E-state index contributed by atoms with van der Waals surface area (Å²) in [6, 6.07) is 23.3. The summed E-state index contributed by atoms with van der Waals surface area (Å²) in [5.41, 5.74) is 7.10. The third kappa shape index (κ3) is 5.18. The molecule has 0 aliphatic carbocycles. The standard InChI is InChI=1S/C30H33N5O/c1-5-8-26-25-15-16-35(20-30(2,3)4)27(25)13-14-28(26)36-19-21-9-6-10-22(17-21)23-11-7-12-24(18-23)29-31-33-34-32-29/h6-7,9-18H,5,8,19-20H2,1-4H3,(H,31,32,33,34). The molecule has 0 amide bonds. The Morgan fingerprint density at radius 1 is 0.917 bits per heavy atom. The first-order valence-electron chi connectivity index (χ1n) is 12.6. The Balaban J connectivity index is 1.38. The second kappa shape index (κ2) is 9.97. The molecule has 2 aromatic heterocycles. The molecule has 0 spiro atoms. The molecule has 0 saturated heterocycles. The molecule has 0 fully saturated rings. The molecular formula is C30H33N5O. The molecular weight excluding hydrogens is 446 g/mol. The van der Waals surface area contributed by atoms with E-state index >= 15 is 0 Å². The number of benzene rings is 3. The lowest BCUT2D eigenvalue weighted by molar-refractivity contribution is 0.303. The predicted molar refractivity (Wildman–Crippen MR) is 145 cm³/mol. The number of tetrazole rings is 1. The number of nitrogens with zero attached hydrogens (tertiary/aromatic N) is 4. The van der Waals surface area contributed by atoms with Crippen molar-refractivity contribution in [1.82, 2.24) is 25.2 Å². The van der Waals surface area contributed by atoms with Crippen molar-refractivity contribution in [2.24, 2.45) is 5.41 Å². The van der Waals surface area contributed by atoms with Gasteiger partial charge in [-0.15, -0.1) is 10.2 Å². The number of rotatable bonds is 8. The van der Waals surface area contributed by atoms with Gasteiger partial charge < -0.3 is 9.30 Å². The van der Waals surface area contributed by atoms with Gasteiger partial charge in [0.2, 0.25) is 5.82 Å². The molecule has 6 heteroatoms. The Bertz CT molecular complexity index is 1460. The van der Waals surface area contributed by atoms with Gasteiger partial charge in [0.25, 0.3) is 0 Å². The molecule has 5 aromatic rings. The predicted octanol–water partition coefficient (Wildman–Crippen LogP) is 7.07. The van der Waals surface area contributed by atoms with Crippen LogP contribution in [0.5, 0.6) is 5.75 Å². The Labute approximate surface area is 212 Å². The average molecular weight is 480 g/mol. The van der Waals surface area contributed by atoms with Crippen molar-refractivity contribution in [3.05, 3.63) is 84.1 Å². The van der Waals surface area contributed by atoms with Crippen LogP contribution in [0, 0.1) is 5.41 Å². The minimum atomic E-state index is 0.224. The molecule has 0 aliphatic heterocycles. The van der Waals surface area contributed by atoms with Crippen LogP contribution in [0.3, 0.4) is 0 Å². The zero-order valence-corrected chi connectivity index (χ0v) is 21.5. The summed E-state index contributed by atoms with van der Waals surface area (Å²) in [5, 5.41) is 15.7. The second-order valence-electron chi connectivity index (χ2n) is 10.5. The maximum atomic E-state index is 6.43. The van der Waals surface area contributed by atoms with Crippen LogP contribution in [0.1, 0.15) is 45.2 Å². The first-order valence-corrected chi connectivity index (χ1v) is 12.6. The van der Waals surface area contributed by atoms with E-state index in [-0.39, 0.29) is 5.41 Å². The third-order valence-electron chi connectivity index (χ3n) is 6.29. The monoisotopic (exact) mass is 479 g/mol. The lowest BCUT2D eigenvalue weighted by atomic mass is 9.97. The highest BCUT2D eigenvalue weighted by atomic mass is 16.5. The number of hydrogen-bond donors (Lipinski definition) is 1. The van der Waals surface area contributed by atoms with Gasteiger partial charge in [-0.05, 0) is 64.1 Å². The fourth-order valence-corrected chi connectivity index (χ4v) is 4.73. The molecule has 0 saturated carbocycles. The van der Waals surface area contributed by atoms with Crippen LogP contribution in [0.15, 0.2) is 72.9 Å². The third-order valence-corrected chi connectivity index (χ3v) is 6.29. The van der Waals surface area contributed by atoms with E-state index < -0.39 is 0 Å². The minimum Gasteiger partial charge on any atom is -0.489 e. The van der Waals surface area contributed by atoms with E-state index in [0.717, 1.165) is 47.4 Å². The second-order valence-corrected chi connectivity index (χ2v) is 10.5. The van der Waals surface area contributed by atoms with Crippen molar-refractivity contribution >= 4 is 10.9 Å². The number of aromatic nitrogens is 5. The fourth-order valence-electron chi connectivity index (χ4n) is 4.73. The number of H-pyrrole nitrogens is 1. The maximum Gasteiger partial charge on any atom is 0.204 e. The Morgan fingerprint density at radius 2 is 1.69 bits per heavy atom. The van der Waals surface area contributed by atoms with E-state index in [9.17, 15) is 0 Å². The topological polar surface area (TPSA) is 68.6 Å². The van der Waals surface area contributed by atoms with Crippen LogP contribution in [0.2, 0.25) is 0 Å². The van der Waals surface area contributed by atoms with Crippen LogP contribution < -0.4 is 4.74 Å². The number of ether oxygens (including phenoxy) is 1. The summed E-state index contributed by atoms with van der Waals surface area (Å²) in [4.78, 5) is 0. The van der Waals surface area contributed by atoms with Crippen molar-refractivity contribution in [3.8, 4) is 28.3 Å². The van der Waals surface area contributed by atoms with E-state index in [1.807, 2.05) is 12.1 Å². The van der Waals surface area contributed by atoms with Crippen LogP contribution in [0.25, 0.3) is 33.4 Å². The highest BCUT2D eigenvalue weighted by molar-refractivity contribution is 5.86. The molecule has 3 aromatic carbocycles. The largest absolute Gasteiger partial charge is 0.489 e. The van der Waals surface area contributed by atoms with Crippen molar-refractivity contribution in [3.63, 3.8) is 0 Å². The van der Waals surface area contributed by atoms with Gasteiger partial charge in [0.05, 0.1) is 0 Å². The highest BCUT2D eigenvalue weighted by Crippen LogP contribution is 2.33. The molecule has 0 bridgehead atoms. The number of aryl methyl sites for hydroxylation is 1. The molecule has 36 heavy (non-hydrogen) atoms. The van der Waals surface area contributed by atoms with Gasteiger partial charge in [0.15, 0.2) is 0 Å². The number of nitrogens with one attached hydrogen (secondary N) is 1. The maximum absolute atomic E-state index is 6.43. The van der Waals surface area contributed by atoms with Gasteiger partial charge in [0.1, 0.15) is 12.4 Å². The molecule has 0 unspecified atom stereocenters. The van der Waals surface area contributed by atoms with Gasteiger partial charge in [0, 0.05) is 34.8 Å². The van der Waals surface area contributed by atoms with Crippen LogP contribution >= 0.6 is 0 Å². The van der Waals surface area contributed by atoms with Crippen molar-refractivity contribution in [1.29, 1.82) is 0 Å². The normalized spacial score (nSPS) is 11.8. The summed E-state index contributed by atoms with van der Waals surface area (Å²) < 4.78 is 8.79. The van der Waals surface area contributed by atoms with E-state index in [2.05, 4.69) is 114 Å². The van der Waals surface area contributed by atoms with Crippen LogP contribution in [-0.4, -0.2) is 25.2 Å². The lowest BCUT2D eigenvalue weighted by Crippen LogP contribution is -2.14. The van der Waals surface area contributed by atoms with Gasteiger partial charge >= 0.3 is 0 Å². The molecule has 184 valence electrons. The van der Waals surface area contributed by atoms with Gasteiger partial charge in [-0.3, -0.25) is 0 Å². The number of fused-ring (bicyclic) bond motifs is 1. The molecule has 2 heterocycles. The lowest BCUT2D eigenvalue weighted by Gasteiger charge is -2.20. The first-order chi connectivity index (χ1) is 17.4. The summed E-state index contributed by atoms with van der Waals surface area (Å²) in [7, 11) is 0. The number of aromatic amines is 1. The SMILES string of the molecule is CCCc1c(OCc2cccc(-c3cccc(-c4nn[nH]n4)c3)c2)ccc2c1ccn2CC(C)(C)C. The molecule has 1 N–H and O–H groups in total. The fraction of sp³-hybridized carbons (Fsp3) is 0.300. The summed E-state index contributed by atoms with van der Waals surface area (Å²) in [6.07, 6.45) is 4.28. The summed E-state index contributed by atoms with van der Waals surface area (Å²) in [5.74, 6) is 1.56. The Hall–Kier alpha value is -3.93. The highest BCUT2D eigenvalue weighted by Gasteiger charge is 2.16. The zero-order valence-electron chi connectivity index (χ0n) is 21.5. The smallest absolute Gasteiger partial charge is 0.204 e. The van der Waals surface area contributed by atoms with Crippen molar-refractivity contribution in [2.45, 2.75) is 53.7 Å². The van der Waals surface area contributed by atoms with Crippen LogP contribution in [0.4, 0.5) is 0 Å². The first kappa shape index (κ1) is 23.8. The Morgan fingerprint density at radius 3 is 2.44 bits per heavy atom. The van der Waals surface area contributed by atoms with Crippen LogP contribution in [-0.2, 0) is 19.6 Å². The molecule has 0 radical (unpaired) electrons. The van der Waals surface area contributed by atoms with Crippen molar-refractivity contribution in [2.75, 3.05) is 0 Å². The van der Waals surface area contributed by atoms with E-state index in [1.54, 1.807) is 0 Å². The molecule has 5 rings (SSSR count). The summed E-state index contributed by atoms with van der Waals surface area (Å²) >= 11 is 0. The quantitative estimate of drug-likeness (QED) is 0.258. The molecule has 0 atom stereocenters. The van der Waals surface area contributed by atoms with Crippen molar-refractivity contribution < 1.29 is 4.74 Å². The van der Waals surface area contributed by atoms with Gasteiger partial charge in [-0.1, -0.05) is 70.5 Å².